The Hall–Kier alpha value is -0.870. The van der Waals surface area contributed by atoms with Crippen molar-refractivity contribution in [1.82, 2.24) is 0 Å². The molecule has 2 fully saturated rings. The SMILES string of the molecule is CC(=O)OC1=C[C@]2(C)O[C@](C)(C1)[C@H]1O[C@H]12. The quantitative estimate of drug-likeness (QED) is 0.481. The topological polar surface area (TPSA) is 48.1 Å². The molecule has 0 spiro atoms. The summed E-state index contributed by atoms with van der Waals surface area (Å²) in [5, 5.41) is 0. The summed E-state index contributed by atoms with van der Waals surface area (Å²) in [5.74, 6) is 0.443. The number of carbonyl (C=O) groups excluding carboxylic acids is 1. The maximum absolute atomic E-state index is 10.9. The zero-order valence-corrected chi connectivity index (χ0v) is 9.07. The van der Waals surface area contributed by atoms with Gasteiger partial charge in [0.05, 0.1) is 0 Å². The van der Waals surface area contributed by atoms with Gasteiger partial charge in [-0.1, -0.05) is 0 Å². The Balaban J connectivity index is 1.93. The lowest BCUT2D eigenvalue weighted by Gasteiger charge is -2.36. The van der Waals surface area contributed by atoms with Crippen LogP contribution in [0.25, 0.3) is 0 Å². The second-order valence-electron chi connectivity index (χ2n) is 4.96. The molecule has 0 saturated carbocycles. The van der Waals surface area contributed by atoms with Gasteiger partial charge >= 0.3 is 5.97 Å². The second kappa shape index (κ2) is 2.44. The van der Waals surface area contributed by atoms with Crippen LogP contribution in [-0.2, 0) is 19.0 Å². The van der Waals surface area contributed by atoms with Crippen molar-refractivity contribution in [2.45, 2.75) is 50.6 Å². The molecule has 2 saturated heterocycles. The average Bonchev–Trinajstić information content (AvgIpc) is 2.74. The van der Waals surface area contributed by atoms with Gasteiger partial charge in [-0.05, 0) is 19.9 Å². The number of carbonyl (C=O) groups is 1. The predicted molar refractivity (Wildman–Crippen MR) is 51.0 cm³/mol. The number of hydrogen-bond acceptors (Lipinski definition) is 4. The van der Waals surface area contributed by atoms with E-state index in [1.165, 1.54) is 6.92 Å². The first-order valence-corrected chi connectivity index (χ1v) is 5.19. The van der Waals surface area contributed by atoms with E-state index in [4.69, 9.17) is 14.2 Å². The van der Waals surface area contributed by atoms with Gasteiger partial charge in [0.1, 0.15) is 29.2 Å². The molecule has 0 aromatic rings. The van der Waals surface area contributed by atoms with Crippen LogP contribution in [-0.4, -0.2) is 29.4 Å². The molecule has 4 heteroatoms. The van der Waals surface area contributed by atoms with Gasteiger partial charge in [0.2, 0.25) is 0 Å². The lowest BCUT2D eigenvalue weighted by Crippen LogP contribution is -2.42. The summed E-state index contributed by atoms with van der Waals surface area (Å²) in [7, 11) is 0. The summed E-state index contributed by atoms with van der Waals surface area (Å²) >= 11 is 0. The fourth-order valence-corrected chi connectivity index (χ4v) is 2.85. The number of epoxide rings is 1. The first kappa shape index (κ1) is 9.36. The molecule has 2 bridgehead atoms. The van der Waals surface area contributed by atoms with Crippen molar-refractivity contribution in [3.8, 4) is 0 Å². The van der Waals surface area contributed by atoms with Crippen molar-refractivity contribution in [2.75, 3.05) is 0 Å². The highest BCUT2D eigenvalue weighted by Crippen LogP contribution is 2.57. The van der Waals surface area contributed by atoms with Crippen LogP contribution in [0.3, 0.4) is 0 Å². The number of rotatable bonds is 1. The van der Waals surface area contributed by atoms with E-state index in [2.05, 4.69) is 0 Å². The molecule has 3 aliphatic heterocycles. The Morgan fingerprint density at radius 2 is 2.27 bits per heavy atom. The van der Waals surface area contributed by atoms with Crippen LogP contribution in [0.2, 0.25) is 0 Å². The van der Waals surface area contributed by atoms with Crippen LogP contribution < -0.4 is 0 Å². The first-order valence-electron chi connectivity index (χ1n) is 5.19. The smallest absolute Gasteiger partial charge is 0.307 e. The summed E-state index contributed by atoms with van der Waals surface area (Å²) in [6.45, 7) is 5.41. The molecule has 0 aromatic heterocycles. The predicted octanol–water partition coefficient (Wildman–Crippen LogP) is 1.15. The molecule has 0 aromatic carbocycles. The van der Waals surface area contributed by atoms with Crippen molar-refractivity contribution < 1.29 is 19.0 Å². The highest BCUT2D eigenvalue weighted by Gasteiger charge is 2.71. The minimum atomic E-state index is -0.414. The molecule has 4 nitrogen and oxygen atoms in total. The minimum Gasteiger partial charge on any atom is -0.431 e. The van der Waals surface area contributed by atoms with E-state index in [0.29, 0.717) is 6.42 Å². The summed E-state index contributed by atoms with van der Waals surface area (Å²) in [6, 6.07) is 0. The van der Waals surface area contributed by atoms with Crippen molar-refractivity contribution in [1.29, 1.82) is 0 Å². The third-order valence-corrected chi connectivity index (χ3v) is 3.36. The van der Waals surface area contributed by atoms with Gasteiger partial charge in [-0.25, -0.2) is 0 Å². The highest BCUT2D eigenvalue weighted by atomic mass is 16.7. The van der Waals surface area contributed by atoms with E-state index in [-0.39, 0.29) is 23.8 Å². The van der Waals surface area contributed by atoms with Crippen LogP contribution in [0.1, 0.15) is 27.2 Å². The van der Waals surface area contributed by atoms with E-state index >= 15 is 0 Å². The normalized spacial score (nSPS) is 50.7. The third-order valence-electron chi connectivity index (χ3n) is 3.36. The second-order valence-corrected chi connectivity index (χ2v) is 4.96. The molecular formula is C11H14O4. The zero-order chi connectivity index (χ0) is 10.8. The maximum atomic E-state index is 10.9. The maximum Gasteiger partial charge on any atom is 0.307 e. The molecule has 0 N–H and O–H groups in total. The van der Waals surface area contributed by atoms with Gasteiger partial charge in [-0.15, -0.1) is 0 Å². The summed E-state index contributed by atoms with van der Waals surface area (Å²) < 4.78 is 16.7. The third kappa shape index (κ3) is 1.18. The van der Waals surface area contributed by atoms with Crippen molar-refractivity contribution >= 4 is 5.97 Å². The monoisotopic (exact) mass is 210 g/mol. The molecule has 3 heterocycles. The molecule has 3 rings (SSSR count). The van der Waals surface area contributed by atoms with E-state index in [0.717, 1.165) is 5.76 Å². The molecular weight excluding hydrogens is 196 g/mol. The summed E-state index contributed by atoms with van der Waals surface area (Å²) in [4.78, 5) is 10.9. The standard InChI is InChI=1S/C11H14O4/c1-6(12)13-7-4-10(2)8-9(14-8)11(3,5-7)15-10/h4,8-9H,5H2,1-3H3/t8-,9+,10+,11-/m1/s1. The van der Waals surface area contributed by atoms with Gasteiger partial charge in [-0.2, -0.15) is 0 Å². The zero-order valence-electron chi connectivity index (χ0n) is 9.07. The number of hydrogen-bond donors (Lipinski definition) is 0. The Morgan fingerprint density at radius 1 is 1.53 bits per heavy atom. The van der Waals surface area contributed by atoms with E-state index < -0.39 is 5.60 Å². The molecule has 15 heavy (non-hydrogen) atoms. The van der Waals surface area contributed by atoms with Gasteiger partial charge in [0, 0.05) is 13.3 Å². The van der Waals surface area contributed by atoms with Crippen LogP contribution in [0, 0.1) is 0 Å². The van der Waals surface area contributed by atoms with Gasteiger partial charge in [0.25, 0.3) is 0 Å². The van der Waals surface area contributed by atoms with Gasteiger partial charge in [0.15, 0.2) is 0 Å². The number of fused-ring (bicyclic) bond motifs is 5. The first-order chi connectivity index (χ1) is 6.93. The van der Waals surface area contributed by atoms with Gasteiger partial charge < -0.3 is 14.2 Å². The average molecular weight is 210 g/mol. The van der Waals surface area contributed by atoms with Crippen LogP contribution >= 0.6 is 0 Å². The Bertz CT molecular complexity index is 375. The highest BCUT2D eigenvalue weighted by molar-refractivity contribution is 5.67. The minimum absolute atomic E-state index is 0.135. The number of esters is 1. The molecule has 4 atom stereocenters. The van der Waals surface area contributed by atoms with Crippen molar-refractivity contribution in [2.24, 2.45) is 0 Å². The molecule has 0 aliphatic carbocycles. The Morgan fingerprint density at radius 3 is 2.87 bits per heavy atom. The van der Waals surface area contributed by atoms with Crippen molar-refractivity contribution in [3.05, 3.63) is 11.8 Å². The largest absolute Gasteiger partial charge is 0.431 e. The van der Waals surface area contributed by atoms with Crippen LogP contribution in [0.5, 0.6) is 0 Å². The Kier molecular flexibility index (Phi) is 1.52. The molecule has 0 unspecified atom stereocenters. The summed E-state index contributed by atoms with van der Waals surface area (Å²) in [6.07, 6.45) is 2.79. The van der Waals surface area contributed by atoms with Gasteiger partial charge in [-0.3, -0.25) is 4.79 Å². The molecule has 3 aliphatic rings. The number of ether oxygens (including phenoxy) is 3. The molecule has 82 valence electrons. The van der Waals surface area contributed by atoms with Crippen LogP contribution in [0.4, 0.5) is 0 Å². The fraction of sp³-hybridized carbons (Fsp3) is 0.727. The van der Waals surface area contributed by atoms with Crippen molar-refractivity contribution in [3.63, 3.8) is 0 Å². The lowest BCUT2D eigenvalue weighted by molar-refractivity contribution is -0.150. The van der Waals surface area contributed by atoms with E-state index in [9.17, 15) is 4.79 Å². The Labute approximate surface area is 88.2 Å². The van der Waals surface area contributed by atoms with E-state index in [1.54, 1.807) is 0 Å². The lowest BCUT2D eigenvalue weighted by atomic mass is 9.98. The summed E-state index contributed by atoms with van der Waals surface area (Å²) in [5.41, 5.74) is -0.735. The van der Waals surface area contributed by atoms with Crippen LogP contribution in [0.15, 0.2) is 11.8 Å². The molecule has 0 amide bonds. The van der Waals surface area contributed by atoms with E-state index in [1.807, 2.05) is 19.9 Å². The fourth-order valence-electron chi connectivity index (χ4n) is 2.85. The molecule has 0 radical (unpaired) electrons.